The highest BCUT2D eigenvalue weighted by Gasteiger charge is 2.31. The van der Waals surface area contributed by atoms with Crippen molar-refractivity contribution in [1.29, 1.82) is 0 Å². The number of halogens is 3. The van der Waals surface area contributed by atoms with Gasteiger partial charge in [0.15, 0.2) is 17.4 Å². The predicted molar refractivity (Wildman–Crippen MR) is 98.6 cm³/mol. The van der Waals surface area contributed by atoms with Crippen molar-refractivity contribution in [3.05, 3.63) is 65.8 Å². The molecule has 3 aromatic rings. The van der Waals surface area contributed by atoms with Gasteiger partial charge in [-0.3, -0.25) is 9.59 Å². The average Bonchev–Trinajstić information content (AvgIpc) is 3.29. The van der Waals surface area contributed by atoms with Gasteiger partial charge in [0, 0.05) is 13.0 Å². The number of benzene rings is 1. The molecule has 156 valence electrons. The molecule has 30 heavy (non-hydrogen) atoms. The molecule has 0 unspecified atom stereocenters. The summed E-state index contributed by atoms with van der Waals surface area (Å²) in [5.41, 5.74) is 0.342. The molecule has 0 aliphatic rings. The highest BCUT2D eigenvalue weighted by molar-refractivity contribution is 6.01. The number of carbonyl (C=O) groups is 2. The molecule has 11 heteroatoms. The van der Waals surface area contributed by atoms with Gasteiger partial charge in [-0.25, -0.2) is 0 Å². The Morgan fingerprint density at radius 1 is 1.27 bits per heavy atom. The Morgan fingerprint density at radius 3 is 2.77 bits per heavy atom. The van der Waals surface area contributed by atoms with Gasteiger partial charge < -0.3 is 14.5 Å². The predicted octanol–water partition coefficient (Wildman–Crippen LogP) is 3.67. The number of ketones is 1. The minimum Gasteiger partial charge on any atom is -0.456 e. The summed E-state index contributed by atoms with van der Waals surface area (Å²) >= 11 is 0. The minimum atomic E-state index is -4.80. The van der Waals surface area contributed by atoms with Crippen LogP contribution in [0.4, 0.5) is 19.0 Å². The first-order valence-electron chi connectivity index (χ1n) is 8.52. The van der Waals surface area contributed by atoms with Crippen molar-refractivity contribution in [1.82, 2.24) is 15.0 Å². The van der Waals surface area contributed by atoms with Crippen LogP contribution in [0.1, 0.15) is 28.8 Å². The molecule has 0 aliphatic heterocycles. The van der Waals surface area contributed by atoms with Gasteiger partial charge in [0.25, 0.3) is 0 Å². The van der Waals surface area contributed by atoms with Gasteiger partial charge in [0.2, 0.25) is 5.91 Å². The molecule has 8 nitrogen and oxygen atoms in total. The van der Waals surface area contributed by atoms with Gasteiger partial charge in [-0.2, -0.15) is 9.90 Å². The van der Waals surface area contributed by atoms with Crippen molar-refractivity contribution in [2.24, 2.45) is 0 Å². The molecule has 0 radical (unpaired) electrons. The summed E-state index contributed by atoms with van der Waals surface area (Å²) in [4.78, 5) is 24.5. The van der Waals surface area contributed by atoms with Gasteiger partial charge in [0.05, 0.1) is 6.20 Å². The largest absolute Gasteiger partial charge is 0.573 e. The zero-order chi connectivity index (χ0) is 21.7. The number of anilines is 1. The lowest BCUT2D eigenvalue weighted by molar-refractivity contribution is -0.274. The van der Waals surface area contributed by atoms with E-state index in [0.717, 1.165) is 18.2 Å². The summed E-state index contributed by atoms with van der Waals surface area (Å²) in [6, 6.07) is 8.35. The molecule has 1 amide bonds. The summed E-state index contributed by atoms with van der Waals surface area (Å²) in [5.74, 6) is -0.294. The molecule has 0 atom stereocenters. The van der Waals surface area contributed by atoms with Gasteiger partial charge in [0.1, 0.15) is 18.1 Å². The molecule has 0 spiro atoms. The zero-order valence-electron chi connectivity index (χ0n) is 15.5. The molecule has 1 aromatic carbocycles. The van der Waals surface area contributed by atoms with E-state index in [0.29, 0.717) is 11.3 Å². The monoisotopic (exact) mass is 420 g/mol. The number of hydrogen-bond donors (Lipinski definition) is 1. The van der Waals surface area contributed by atoms with Crippen LogP contribution in [-0.4, -0.2) is 33.0 Å². The first-order valence-corrected chi connectivity index (χ1v) is 8.52. The fourth-order valence-corrected chi connectivity index (χ4v) is 2.38. The topological polar surface area (TPSA) is 99.2 Å². The molecule has 3 rings (SSSR count). The van der Waals surface area contributed by atoms with E-state index in [1.54, 1.807) is 12.1 Å². The molecule has 0 aliphatic carbocycles. The number of rotatable bonds is 7. The van der Waals surface area contributed by atoms with Gasteiger partial charge in [-0.05, 0) is 35.9 Å². The summed E-state index contributed by atoms with van der Waals surface area (Å²) in [6.45, 7) is 1.54. The molecular formula is C19H15F3N4O4. The van der Waals surface area contributed by atoms with Crippen molar-refractivity contribution in [3.8, 4) is 5.75 Å². The first kappa shape index (κ1) is 20.8. The standard InChI is InChI=1S/C19H15F3N4O4/c1-12(27)16-7-6-15(29-16)11-26-23-10-17(25-26)24-18(28)8-5-13-3-2-4-14(9-13)30-19(20,21)22/h2-10H,11H2,1H3,(H,24,25,28). The Bertz CT molecular complexity index is 1090. The molecule has 0 saturated heterocycles. The molecule has 0 saturated carbocycles. The molecule has 1 N–H and O–H groups in total. The number of nitrogens with one attached hydrogen (secondary N) is 1. The lowest BCUT2D eigenvalue weighted by atomic mass is 10.2. The maximum absolute atomic E-state index is 12.3. The minimum absolute atomic E-state index is 0.158. The van der Waals surface area contributed by atoms with Crippen LogP contribution in [0.3, 0.4) is 0 Å². The van der Waals surface area contributed by atoms with Crippen molar-refractivity contribution in [3.63, 3.8) is 0 Å². The van der Waals surface area contributed by atoms with Crippen LogP contribution in [0.25, 0.3) is 6.08 Å². The summed E-state index contributed by atoms with van der Waals surface area (Å²) in [7, 11) is 0. The van der Waals surface area contributed by atoms with E-state index >= 15 is 0 Å². The average molecular weight is 420 g/mol. The van der Waals surface area contributed by atoms with E-state index in [9.17, 15) is 22.8 Å². The van der Waals surface area contributed by atoms with Crippen LogP contribution in [0.5, 0.6) is 5.75 Å². The normalized spacial score (nSPS) is 11.6. The third-order valence-electron chi connectivity index (χ3n) is 3.61. The van der Waals surface area contributed by atoms with Crippen LogP contribution in [0.15, 0.2) is 53.1 Å². The number of nitrogens with zero attached hydrogens (tertiary/aromatic N) is 3. The third-order valence-corrected chi connectivity index (χ3v) is 3.61. The second kappa shape index (κ2) is 8.64. The smallest absolute Gasteiger partial charge is 0.456 e. The van der Waals surface area contributed by atoms with E-state index < -0.39 is 12.3 Å². The van der Waals surface area contributed by atoms with Crippen molar-refractivity contribution >= 4 is 23.6 Å². The molecule has 2 aromatic heterocycles. The van der Waals surface area contributed by atoms with Crippen LogP contribution < -0.4 is 10.1 Å². The van der Waals surface area contributed by atoms with Crippen LogP contribution in [0.2, 0.25) is 0 Å². The lowest BCUT2D eigenvalue weighted by Crippen LogP contribution is -2.17. The number of hydrogen-bond acceptors (Lipinski definition) is 6. The Balaban J connectivity index is 1.57. The number of furan rings is 1. The number of Topliss-reactive ketones (excluding diaryl/α,β-unsaturated/α-hetero) is 1. The highest BCUT2D eigenvalue weighted by Crippen LogP contribution is 2.23. The summed E-state index contributed by atoms with van der Waals surface area (Å²) in [6.07, 6.45) is -1.01. The quantitative estimate of drug-likeness (QED) is 0.463. The second-order valence-electron chi connectivity index (χ2n) is 6.03. The van der Waals surface area contributed by atoms with Crippen LogP contribution >= 0.6 is 0 Å². The Labute approximate surface area is 167 Å². The Morgan fingerprint density at radius 2 is 2.07 bits per heavy atom. The number of ether oxygens (including phenoxy) is 1. The fourth-order valence-electron chi connectivity index (χ4n) is 2.38. The fraction of sp³-hybridized carbons (Fsp3) is 0.158. The van der Waals surface area contributed by atoms with Gasteiger partial charge in [-0.1, -0.05) is 12.1 Å². The van der Waals surface area contributed by atoms with E-state index in [1.165, 1.54) is 36.1 Å². The molecule has 2 heterocycles. The van der Waals surface area contributed by atoms with E-state index in [-0.39, 0.29) is 29.7 Å². The van der Waals surface area contributed by atoms with E-state index in [2.05, 4.69) is 20.3 Å². The van der Waals surface area contributed by atoms with Gasteiger partial charge in [-0.15, -0.1) is 18.3 Å². The van der Waals surface area contributed by atoms with Crippen molar-refractivity contribution < 1.29 is 31.9 Å². The molecular weight excluding hydrogens is 405 g/mol. The highest BCUT2D eigenvalue weighted by atomic mass is 19.4. The van der Waals surface area contributed by atoms with Crippen LogP contribution in [-0.2, 0) is 11.3 Å². The summed E-state index contributed by atoms with van der Waals surface area (Å²) < 4.78 is 46.0. The third kappa shape index (κ3) is 6.06. The van der Waals surface area contributed by atoms with Gasteiger partial charge >= 0.3 is 6.36 Å². The first-order chi connectivity index (χ1) is 14.2. The lowest BCUT2D eigenvalue weighted by Gasteiger charge is -2.08. The second-order valence-corrected chi connectivity index (χ2v) is 6.03. The van der Waals surface area contributed by atoms with E-state index in [4.69, 9.17) is 4.42 Å². The molecule has 0 fully saturated rings. The molecule has 0 bridgehead atoms. The summed E-state index contributed by atoms with van der Waals surface area (Å²) in [5, 5.41) is 10.5. The number of aromatic nitrogens is 3. The number of carbonyl (C=O) groups excluding carboxylic acids is 2. The maximum Gasteiger partial charge on any atom is 0.573 e. The number of amides is 1. The van der Waals surface area contributed by atoms with Crippen molar-refractivity contribution in [2.45, 2.75) is 19.8 Å². The SMILES string of the molecule is CC(=O)c1ccc(Cn2ncc(NC(=O)C=Cc3cccc(OC(F)(F)F)c3)n2)o1. The van der Waals surface area contributed by atoms with Crippen molar-refractivity contribution in [2.75, 3.05) is 5.32 Å². The Hall–Kier alpha value is -3.89. The van der Waals surface area contributed by atoms with E-state index in [1.807, 2.05) is 0 Å². The Kier molecular flexibility index (Phi) is 6.00. The number of alkyl halides is 3. The van der Waals surface area contributed by atoms with Crippen LogP contribution in [0, 0.1) is 0 Å². The maximum atomic E-state index is 12.3. The zero-order valence-corrected chi connectivity index (χ0v) is 15.5.